The molecule has 0 saturated carbocycles. The number of benzene rings is 5. The van der Waals surface area contributed by atoms with Gasteiger partial charge in [-0.3, -0.25) is 4.99 Å². The Morgan fingerprint density at radius 2 is 0.848 bits per heavy atom. The number of halogens is 12. The van der Waals surface area contributed by atoms with Gasteiger partial charge >= 0.3 is 24.7 Å². The first-order valence-electron chi connectivity index (χ1n) is 19.8. The second-order valence-electron chi connectivity index (χ2n) is 15.1. The number of rotatable bonds is 13. The van der Waals surface area contributed by atoms with Crippen molar-refractivity contribution in [2.75, 3.05) is 29.0 Å². The summed E-state index contributed by atoms with van der Waals surface area (Å²) in [5.74, 6) is 0.165. The van der Waals surface area contributed by atoms with Crippen LogP contribution in [0.2, 0.25) is 0 Å². The summed E-state index contributed by atoms with van der Waals surface area (Å²) in [7, 11) is 0. The summed E-state index contributed by atoms with van der Waals surface area (Å²) in [6.07, 6.45) is -19.9. The standard InChI is InChI=1S/C45H41F12N7S2/c1-26-13-27(2)15-34(14-26)60-39(58-24-37(16-28-9-5-3-6-10-28)63-40(65)61-35-20-30(42(46,47)48)18-31(21-35)43(49,50)51)59-25-38(17-29-11-7-4-8-12-29)64-41(66)62-36-22-32(44(52,53)54)19-33(23-36)45(55,56)57/h3-15,18-23,37-38H,16-17,24-25H2,1-2H3,(H2,58,59,60)(H2,61,63,65)(H2,62,64,66)/t37-,38-/m0/s1. The molecule has 0 bridgehead atoms. The molecule has 0 aromatic heterocycles. The van der Waals surface area contributed by atoms with Crippen LogP contribution in [0.25, 0.3) is 0 Å². The van der Waals surface area contributed by atoms with Crippen LogP contribution in [0.5, 0.6) is 0 Å². The molecule has 0 unspecified atom stereocenters. The molecule has 21 heteroatoms. The average molecular weight is 972 g/mol. The molecule has 0 aliphatic rings. The molecule has 0 amide bonds. The van der Waals surface area contributed by atoms with E-state index in [2.05, 4.69) is 31.9 Å². The van der Waals surface area contributed by atoms with Gasteiger partial charge in [-0.15, -0.1) is 0 Å². The summed E-state index contributed by atoms with van der Waals surface area (Å²) in [4.78, 5) is 4.78. The smallest absolute Gasteiger partial charge is 0.358 e. The zero-order valence-corrected chi connectivity index (χ0v) is 36.4. The molecule has 0 aliphatic heterocycles. The van der Waals surface area contributed by atoms with Crippen LogP contribution in [-0.2, 0) is 37.5 Å². The van der Waals surface area contributed by atoms with E-state index in [1.54, 1.807) is 60.7 Å². The van der Waals surface area contributed by atoms with E-state index in [9.17, 15) is 52.7 Å². The highest BCUT2D eigenvalue weighted by Gasteiger charge is 2.38. The maximum atomic E-state index is 13.6. The highest BCUT2D eigenvalue weighted by atomic mass is 32.1. The van der Waals surface area contributed by atoms with Crippen LogP contribution in [0.3, 0.4) is 0 Å². The molecular formula is C45H41F12N7S2. The van der Waals surface area contributed by atoms with Crippen molar-refractivity contribution >= 4 is 57.7 Å². The Labute approximate surface area is 382 Å². The van der Waals surface area contributed by atoms with Crippen LogP contribution >= 0.6 is 24.4 Å². The van der Waals surface area contributed by atoms with Gasteiger partial charge in [0, 0.05) is 29.6 Å². The Bertz CT molecular complexity index is 2390. The predicted octanol–water partition coefficient (Wildman–Crippen LogP) is 11.9. The molecule has 5 rings (SSSR count). The highest BCUT2D eigenvalue weighted by Crippen LogP contribution is 2.39. The SMILES string of the molecule is Cc1cc(C)cc(NC(=NC[C@H](Cc2ccccc2)NC(=S)Nc2cc(C(F)(F)F)cc(C(F)(F)F)c2)NC[C@H](Cc2ccccc2)NC(=S)Nc2cc(C(F)(F)F)cc(C(F)(F)F)c2)c1. The number of thiocarbonyl (C=S) groups is 2. The van der Waals surface area contributed by atoms with E-state index in [1.165, 1.54) is 0 Å². The third kappa shape index (κ3) is 16.1. The topological polar surface area (TPSA) is 84.5 Å². The van der Waals surface area contributed by atoms with Gasteiger partial charge in [-0.2, -0.15) is 52.7 Å². The Morgan fingerprint density at radius 1 is 0.485 bits per heavy atom. The number of hydrogen-bond donors (Lipinski definition) is 6. The van der Waals surface area contributed by atoms with Crippen LogP contribution in [0.15, 0.2) is 120 Å². The van der Waals surface area contributed by atoms with Crippen molar-refractivity contribution in [1.29, 1.82) is 0 Å². The third-order valence-corrected chi connectivity index (χ3v) is 9.92. The van der Waals surface area contributed by atoms with Gasteiger partial charge in [-0.05, 0) is 122 Å². The fraction of sp³-hybridized carbons (Fsp3) is 0.267. The summed E-state index contributed by atoms with van der Waals surface area (Å²) in [6.45, 7) is 3.64. The maximum Gasteiger partial charge on any atom is 0.416 e. The van der Waals surface area contributed by atoms with Gasteiger partial charge in [0.1, 0.15) is 0 Å². The minimum atomic E-state index is -5.09. The van der Waals surface area contributed by atoms with Gasteiger partial charge in [-0.1, -0.05) is 66.7 Å². The Kier molecular flexibility index (Phi) is 16.6. The van der Waals surface area contributed by atoms with Gasteiger partial charge in [0.05, 0.1) is 34.8 Å². The van der Waals surface area contributed by atoms with Crippen LogP contribution in [0, 0.1) is 13.8 Å². The number of anilines is 3. The Balaban J connectivity index is 1.43. The molecular weight excluding hydrogens is 931 g/mol. The Hall–Kier alpha value is -6.09. The summed E-state index contributed by atoms with van der Waals surface area (Å²) < 4.78 is 163. The lowest BCUT2D eigenvalue weighted by atomic mass is 10.1. The van der Waals surface area contributed by atoms with Crippen molar-refractivity contribution in [2.45, 2.75) is 63.5 Å². The normalized spacial score (nSPS) is 13.3. The Morgan fingerprint density at radius 3 is 1.24 bits per heavy atom. The molecule has 0 spiro atoms. The van der Waals surface area contributed by atoms with Crippen molar-refractivity contribution in [3.63, 3.8) is 0 Å². The van der Waals surface area contributed by atoms with Crippen molar-refractivity contribution in [3.05, 3.63) is 160 Å². The number of alkyl halides is 12. The van der Waals surface area contributed by atoms with E-state index in [0.717, 1.165) is 22.3 Å². The summed E-state index contributed by atoms with van der Waals surface area (Å²) in [6, 6.07) is 24.0. The first-order valence-corrected chi connectivity index (χ1v) is 20.6. The van der Waals surface area contributed by atoms with Crippen LogP contribution in [0.4, 0.5) is 69.7 Å². The highest BCUT2D eigenvalue weighted by molar-refractivity contribution is 7.80. The molecule has 5 aromatic rings. The van der Waals surface area contributed by atoms with Crippen LogP contribution in [-0.4, -0.2) is 41.4 Å². The lowest BCUT2D eigenvalue weighted by Crippen LogP contribution is -2.48. The van der Waals surface area contributed by atoms with Gasteiger partial charge in [-0.25, -0.2) is 0 Å². The lowest BCUT2D eigenvalue weighted by molar-refractivity contribution is -0.144. The number of hydrogen-bond acceptors (Lipinski definition) is 3. The zero-order valence-electron chi connectivity index (χ0n) is 34.8. The van der Waals surface area contributed by atoms with E-state index in [1.807, 2.05) is 32.0 Å². The van der Waals surface area contributed by atoms with Crippen molar-refractivity contribution in [3.8, 4) is 0 Å². The minimum absolute atomic E-state index is 0.000761. The van der Waals surface area contributed by atoms with Gasteiger partial charge in [0.2, 0.25) is 0 Å². The molecule has 5 aromatic carbocycles. The second-order valence-corrected chi connectivity index (χ2v) is 15.9. The molecule has 7 nitrogen and oxygen atoms in total. The number of aryl methyl sites for hydroxylation is 2. The summed E-state index contributed by atoms with van der Waals surface area (Å²) in [5, 5.41) is 16.7. The van der Waals surface area contributed by atoms with E-state index in [0.29, 0.717) is 30.0 Å². The maximum absolute atomic E-state index is 13.6. The minimum Gasteiger partial charge on any atom is -0.358 e. The molecule has 6 N–H and O–H groups in total. The first kappa shape index (κ1) is 50.9. The van der Waals surface area contributed by atoms with E-state index < -0.39 is 70.4 Å². The molecule has 0 fully saturated rings. The molecule has 352 valence electrons. The predicted molar refractivity (Wildman–Crippen MR) is 239 cm³/mol. The molecule has 0 aliphatic carbocycles. The van der Waals surface area contributed by atoms with Crippen LogP contribution in [0.1, 0.15) is 44.5 Å². The van der Waals surface area contributed by atoms with Crippen molar-refractivity contribution in [2.24, 2.45) is 4.99 Å². The molecule has 0 radical (unpaired) electrons. The van der Waals surface area contributed by atoms with Crippen molar-refractivity contribution in [1.82, 2.24) is 16.0 Å². The van der Waals surface area contributed by atoms with Crippen LogP contribution < -0.4 is 31.9 Å². The van der Waals surface area contributed by atoms with E-state index in [4.69, 9.17) is 29.4 Å². The number of aliphatic imine (C=N–C) groups is 1. The van der Waals surface area contributed by atoms with E-state index >= 15 is 0 Å². The third-order valence-electron chi connectivity index (χ3n) is 9.48. The fourth-order valence-electron chi connectivity index (χ4n) is 6.64. The first-order chi connectivity index (χ1) is 30.8. The van der Waals surface area contributed by atoms with E-state index in [-0.39, 0.29) is 54.2 Å². The quantitative estimate of drug-likeness (QED) is 0.0301. The molecule has 2 atom stereocenters. The van der Waals surface area contributed by atoms with Gasteiger partial charge in [0.15, 0.2) is 16.2 Å². The fourth-order valence-corrected chi connectivity index (χ4v) is 7.21. The number of nitrogens with one attached hydrogen (secondary N) is 6. The molecule has 66 heavy (non-hydrogen) atoms. The number of guanidine groups is 1. The number of nitrogens with zero attached hydrogens (tertiary/aromatic N) is 1. The zero-order chi connectivity index (χ0) is 48.5. The van der Waals surface area contributed by atoms with Crippen molar-refractivity contribution < 1.29 is 52.7 Å². The summed E-state index contributed by atoms with van der Waals surface area (Å²) >= 11 is 10.8. The largest absolute Gasteiger partial charge is 0.416 e. The average Bonchev–Trinajstić information content (AvgIpc) is 3.20. The van der Waals surface area contributed by atoms with Gasteiger partial charge in [0.25, 0.3) is 0 Å². The summed E-state index contributed by atoms with van der Waals surface area (Å²) in [5.41, 5.74) is -3.32. The monoisotopic (exact) mass is 971 g/mol. The van der Waals surface area contributed by atoms with Gasteiger partial charge < -0.3 is 31.9 Å². The molecule has 0 saturated heterocycles. The molecule has 0 heterocycles. The second kappa shape index (κ2) is 21.5. The lowest BCUT2D eigenvalue weighted by Gasteiger charge is -2.24.